The zero-order valence-corrected chi connectivity index (χ0v) is 15.3. The molecule has 0 bridgehead atoms. The average molecular weight is 357 g/mol. The fourth-order valence-electron chi connectivity index (χ4n) is 3.09. The van der Waals surface area contributed by atoms with Gasteiger partial charge in [0.2, 0.25) is 5.89 Å². The van der Waals surface area contributed by atoms with Gasteiger partial charge in [-0.1, -0.05) is 36.7 Å². The molecule has 0 radical (unpaired) electrons. The molecule has 0 unspecified atom stereocenters. The molecule has 26 heavy (non-hydrogen) atoms. The van der Waals surface area contributed by atoms with Gasteiger partial charge in [0.25, 0.3) is 0 Å². The number of likely N-dealkylation sites (tertiary alicyclic amines) is 1. The van der Waals surface area contributed by atoms with E-state index in [1.165, 1.54) is 0 Å². The van der Waals surface area contributed by atoms with E-state index in [2.05, 4.69) is 32.6 Å². The van der Waals surface area contributed by atoms with Gasteiger partial charge in [-0.15, -0.1) is 0 Å². The number of amides is 2. The van der Waals surface area contributed by atoms with Crippen LogP contribution in [0.3, 0.4) is 0 Å². The van der Waals surface area contributed by atoms with Crippen molar-refractivity contribution in [2.24, 2.45) is 0 Å². The monoisotopic (exact) mass is 357 g/mol. The lowest BCUT2D eigenvalue weighted by Crippen LogP contribution is -2.45. The van der Waals surface area contributed by atoms with E-state index in [0.717, 1.165) is 56.7 Å². The summed E-state index contributed by atoms with van der Waals surface area (Å²) in [5.74, 6) is 1.49. The first-order valence-electron chi connectivity index (χ1n) is 9.39. The Bertz CT molecular complexity index is 680. The Kier molecular flexibility index (Phi) is 6.60. The van der Waals surface area contributed by atoms with E-state index in [1.807, 2.05) is 30.3 Å². The summed E-state index contributed by atoms with van der Waals surface area (Å²) in [6.45, 7) is 4.65. The van der Waals surface area contributed by atoms with Crippen LogP contribution in [0.4, 0.5) is 10.5 Å². The van der Waals surface area contributed by atoms with E-state index in [-0.39, 0.29) is 12.1 Å². The minimum atomic E-state index is -0.146. The molecule has 2 heterocycles. The molecule has 2 N–H and O–H groups in total. The molecular weight excluding hydrogens is 330 g/mol. The molecule has 0 aliphatic carbocycles. The number of carbonyl (C=O) groups excluding carboxylic acids is 1. The fourth-order valence-corrected chi connectivity index (χ4v) is 3.09. The smallest absolute Gasteiger partial charge is 0.319 e. The third-order valence-corrected chi connectivity index (χ3v) is 4.58. The minimum Gasteiger partial charge on any atom is -0.338 e. The van der Waals surface area contributed by atoms with Crippen molar-refractivity contribution in [1.82, 2.24) is 20.4 Å². The molecule has 1 aliphatic rings. The number of unbranched alkanes of at least 4 members (excludes halogenated alkanes) is 1. The first kappa shape index (κ1) is 18.4. The van der Waals surface area contributed by atoms with Crippen molar-refractivity contribution in [1.29, 1.82) is 0 Å². The summed E-state index contributed by atoms with van der Waals surface area (Å²) in [5.41, 5.74) is 0.803. The molecule has 140 valence electrons. The number of benzene rings is 1. The number of hydrogen-bond acceptors (Lipinski definition) is 5. The Balaban J connectivity index is 1.38. The molecule has 0 atom stereocenters. The molecule has 0 spiro atoms. The molecule has 1 saturated heterocycles. The Morgan fingerprint density at radius 1 is 1.27 bits per heavy atom. The summed E-state index contributed by atoms with van der Waals surface area (Å²) in [6, 6.07) is 9.53. The van der Waals surface area contributed by atoms with Crippen molar-refractivity contribution in [2.75, 3.05) is 18.4 Å². The number of aromatic nitrogens is 2. The lowest BCUT2D eigenvalue weighted by Gasteiger charge is -2.31. The summed E-state index contributed by atoms with van der Waals surface area (Å²) in [6.07, 6.45) is 4.92. The van der Waals surface area contributed by atoms with Crippen LogP contribution in [0.5, 0.6) is 0 Å². The average Bonchev–Trinajstić information content (AvgIpc) is 3.10. The second kappa shape index (κ2) is 9.33. The number of anilines is 1. The number of urea groups is 1. The molecule has 1 fully saturated rings. The second-order valence-electron chi connectivity index (χ2n) is 6.72. The summed E-state index contributed by atoms with van der Waals surface area (Å²) >= 11 is 0. The first-order chi connectivity index (χ1) is 12.7. The van der Waals surface area contributed by atoms with E-state index < -0.39 is 0 Å². The molecule has 2 amide bonds. The first-order valence-corrected chi connectivity index (χ1v) is 9.39. The third-order valence-electron chi connectivity index (χ3n) is 4.58. The highest BCUT2D eigenvalue weighted by Crippen LogP contribution is 2.14. The normalized spacial score (nSPS) is 15.7. The molecule has 7 nitrogen and oxygen atoms in total. The topological polar surface area (TPSA) is 83.3 Å². The van der Waals surface area contributed by atoms with Crippen LogP contribution in [-0.2, 0) is 13.0 Å². The molecule has 3 rings (SSSR count). The summed E-state index contributed by atoms with van der Waals surface area (Å²) in [4.78, 5) is 18.8. The molecule has 1 aliphatic heterocycles. The van der Waals surface area contributed by atoms with Crippen molar-refractivity contribution in [2.45, 2.75) is 51.6 Å². The summed E-state index contributed by atoms with van der Waals surface area (Å²) in [7, 11) is 0. The van der Waals surface area contributed by atoms with Crippen LogP contribution >= 0.6 is 0 Å². The molecular formula is C19H27N5O2. The van der Waals surface area contributed by atoms with Crippen LogP contribution in [0.1, 0.15) is 44.3 Å². The van der Waals surface area contributed by atoms with Gasteiger partial charge in [0.05, 0.1) is 6.54 Å². The number of rotatable bonds is 7. The van der Waals surface area contributed by atoms with Gasteiger partial charge in [-0.3, -0.25) is 4.90 Å². The van der Waals surface area contributed by atoms with Gasteiger partial charge in [0, 0.05) is 31.2 Å². The van der Waals surface area contributed by atoms with Gasteiger partial charge in [0.1, 0.15) is 0 Å². The lowest BCUT2D eigenvalue weighted by atomic mass is 10.1. The van der Waals surface area contributed by atoms with Crippen LogP contribution in [0, 0.1) is 0 Å². The van der Waals surface area contributed by atoms with Gasteiger partial charge in [-0.25, -0.2) is 4.79 Å². The summed E-state index contributed by atoms with van der Waals surface area (Å²) in [5, 5.41) is 9.95. The maximum Gasteiger partial charge on any atom is 0.319 e. The Hall–Kier alpha value is -2.41. The molecule has 7 heteroatoms. The van der Waals surface area contributed by atoms with Crippen LogP contribution in [0.25, 0.3) is 0 Å². The van der Waals surface area contributed by atoms with Gasteiger partial charge in [-0.2, -0.15) is 4.98 Å². The number of aryl methyl sites for hydroxylation is 1. The number of nitrogens with one attached hydrogen (secondary N) is 2. The van der Waals surface area contributed by atoms with Crippen LogP contribution in [0.15, 0.2) is 34.9 Å². The number of hydrogen-bond donors (Lipinski definition) is 2. The predicted molar refractivity (Wildman–Crippen MR) is 99.8 cm³/mol. The highest BCUT2D eigenvalue weighted by atomic mass is 16.5. The third kappa shape index (κ3) is 5.56. The van der Waals surface area contributed by atoms with Crippen molar-refractivity contribution in [3.8, 4) is 0 Å². The highest BCUT2D eigenvalue weighted by molar-refractivity contribution is 5.89. The van der Waals surface area contributed by atoms with E-state index in [0.29, 0.717) is 12.4 Å². The molecule has 1 aromatic carbocycles. The Labute approximate surface area is 154 Å². The van der Waals surface area contributed by atoms with E-state index in [1.54, 1.807) is 0 Å². The number of nitrogens with zero attached hydrogens (tertiary/aromatic N) is 3. The zero-order valence-electron chi connectivity index (χ0n) is 15.3. The molecule has 2 aromatic rings. The Morgan fingerprint density at radius 2 is 2.04 bits per heavy atom. The van der Waals surface area contributed by atoms with Crippen LogP contribution in [-0.4, -0.2) is 40.2 Å². The zero-order chi connectivity index (χ0) is 18.2. The predicted octanol–water partition coefficient (Wildman–Crippen LogP) is 3.20. The number of para-hydroxylation sites is 1. The van der Waals surface area contributed by atoms with Gasteiger partial charge in [-0.05, 0) is 31.4 Å². The van der Waals surface area contributed by atoms with Crippen molar-refractivity contribution >= 4 is 11.7 Å². The molecule has 0 saturated carbocycles. The van der Waals surface area contributed by atoms with Gasteiger partial charge in [0.15, 0.2) is 5.82 Å². The maximum atomic E-state index is 12.1. The Morgan fingerprint density at radius 3 is 2.77 bits per heavy atom. The van der Waals surface area contributed by atoms with Gasteiger partial charge < -0.3 is 15.2 Å². The van der Waals surface area contributed by atoms with Crippen molar-refractivity contribution in [3.63, 3.8) is 0 Å². The number of carbonyl (C=O) groups is 1. The number of piperidine rings is 1. The standard InChI is InChI=1S/C19H27N5O2/c1-2-3-9-17-22-18(26-23-17)14-24-12-10-16(11-13-24)21-19(25)20-15-7-5-4-6-8-15/h4-8,16H,2-3,9-14H2,1H3,(H2,20,21,25). The van der Waals surface area contributed by atoms with Gasteiger partial charge >= 0.3 is 6.03 Å². The maximum absolute atomic E-state index is 12.1. The quantitative estimate of drug-likeness (QED) is 0.795. The van der Waals surface area contributed by atoms with Crippen LogP contribution in [0.2, 0.25) is 0 Å². The van der Waals surface area contributed by atoms with Crippen molar-refractivity contribution < 1.29 is 9.32 Å². The largest absolute Gasteiger partial charge is 0.338 e. The fraction of sp³-hybridized carbons (Fsp3) is 0.526. The van der Waals surface area contributed by atoms with E-state index in [9.17, 15) is 4.79 Å². The highest BCUT2D eigenvalue weighted by Gasteiger charge is 2.22. The minimum absolute atomic E-state index is 0.146. The SMILES string of the molecule is CCCCc1noc(CN2CCC(NC(=O)Nc3ccccc3)CC2)n1. The summed E-state index contributed by atoms with van der Waals surface area (Å²) < 4.78 is 5.34. The van der Waals surface area contributed by atoms with Crippen LogP contribution < -0.4 is 10.6 Å². The van der Waals surface area contributed by atoms with E-state index in [4.69, 9.17) is 4.52 Å². The second-order valence-corrected chi connectivity index (χ2v) is 6.72. The lowest BCUT2D eigenvalue weighted by molar-refractivity contribution is 0.171. The van der Waals surface area contributed by atoms with Crippen molar-refractivity contribution in [3.05, 3.63) is 42.0 Å². The van der Waals surface area contributed by atoms with E-state index >= 15 is 0 Å². The molecule has 1 aromatic heterocycles.